The highest BCUT2D eigenvalue weighted by atomic mass is 19.4. The SMILES string of the molecule is C=CC(=O)N1CCOC2(CCN(C(=O)N(C)[C@H](C(=O)N[C@H]3Cc4cccc(n4)-c4ccc5c(c4)c4c(n5CC(F)(F)F)-c5cccnc5[C@@H](OC)C4C(C)(C)COC(=O)[C@@H]4CCCN(N4)C3=O)C(C)C)CC2)C1. The molecule has 17 nitrogen and oxygen atoms in total. The number of cyclic esters (lactones) is 1. The van der Waals surface area contributed by atoms with E-state index < -0.39 is 77.6 Å². The number of ether oxygens (including phenoxy) is 3. The minimum absolute atomic E-state index is 0.0943. The van der Waals surface area contributed by atoms with Gasteiger partial charge < -0.3 is 38.8 Å². The number of nitrogens with zero attached hydrogens (tertiary/aromatic N) is 7. The van der Waals surface area contributed by atoms with Crippen molar-refractivity contribution in [1.82, 2.24) is 45.0 Å². The number of carbonyl (C=O) groups is 5. The van der Waals surface area contributed by atoms with Gasteiger partial charge in [-0.25, -0.2) is 10.2 Å². The maximum Gasteiger partial charge on any atom is 0.406 e. The Kier molecular flexibility index (Phi) is 14.2. The molecule has 4 aromatic rings. The second-order valence-electron chi connectivity index (χ2n) is 21.0. The summed E-state index contributed by atoms with van der Waals surface area (Å²) in [6.07, 6.45) is -0.812. The zero-order chi connectivity index (χ0) is 52.1. The van der Waals surface area contributed by atoms with Gasteiger partial charge in [0.25, 0.3) is 5.91 Å². The third-order valence-corrected chi connectivity index (χ3v) is 15.3. The molecule has 20 heteroatoms. The van der Waals surface area contributed by atoms with E-state index in [0.717, 1.165) is 0 Å². The number of fused-ring (bicyclic) bond motifs is 8. The highest BCUT2D eigenvalue weighted by Gasteiger charge is 2.49. The molecule has 1 aromatic carbocycles. The van der Waals surface area contributed by atoms with Gasteiger partial charge in [-0.05, 0) is 79.6 Å². The maximum absolute atomic E-state index is 14.8. The standard InChI is InChI=1S/C53H64F3N9O8/c1-8-40(66)63-24-25-73-52(28-63)18-22-62(23-19-52)50(70)61(6)44(31(2)3)47(67)59-38-27-33-12-9-14-36(58-33)32-16-17-39-35(26-32)41-42(51(4,5)30-72-49(69)37-15-11-21-65(60-37)48(38)68)46(71-7)43-34(13-10-20-57-43)45(41)64(39)29-53(54,55)56/h8-10,12-14,16-17,20,26,31,37-38,42,44,46,60H,1,11,15,18-19,21-25,27-30H2,2-7H3,(H,59,67)/t37-,38-,42?,44-,46-/m0/s1. The smallest absolute Gasteiger partial charge is 0.406 e. The lowest BCUT2D eigenvalue weighted by molar-refractivity contribution is -0.157. The molecule has 1 spiro atoms. The summed E-state index contributed by atoms with van der Waals surface area (Å²) >= 11 is 0. The van der Waals surface area contributed by atoms with E-state index in [1.54, 1.807) is 65.5 Å². The molecule has 5 atom stereocenters. The summed E-state index contributed by atoms with van der Waals surface area (Å²) in [7, 11) is 3.10. The summed E-state index contributed by atoms with van der Waals surface area (Å²) in [6, 6.07) is 10.4. The van der Waals surface area contributed by atoms with E-state index in [4.69, 9.17) is 19.2 Å². The van der Waals surface area contributed by atoms with Crippen LogP contribution in [0, 0.1) is 11.3 Å². The van der Waals surface area contributed by atoms with Gasteiger partial charge in [0, 0.05) is 92.0 Å². The van der Waals surface area contributed by atoms with E-state index in [1.165, 1.54) is 27.7 Å². The molecule has 3 saturated heterocycles. The van der Waals surface area contributed by atoms with E-state index in [0.29, 0.717) is 109 Å². The molecule has 4 aliphatic heterocycles. The van der Waals surface area contributed by atoms with Gasteiger partial charge in [-0.1, -0.05) is 46.4 Å². The van der Waals surface area contributed by atoms with Crippen molar-refractivity contribution in [2.75, 3.05) is 60.1 Å². The summed E-state index contributed by atoms with van der Waals surface area (Å²) in [5.74, 6) is -2.96. The third-order valence-electron chi connectivity index (χ3n) is 15.3. The van der Waals surface area contributed by atoms with Crippen LogP contribution in [0.5, 0.6) is 0 Å². The van der Waals surface area contributed by atoms with E-state index in [2.05, 4.69) is 22.3 Å². The van der Waals surface area contributed by atoms with Crippen LogP contribution in [0.25, 0.3) is 33.4 Å². The lowest BCUT2D eigenvalue weighted by atomic mass is 9.67. The second kappa shape index (κ2) is 20.1. The Labute approximate surface area is 422 Å². The van der Waals surface area contributed by atoms with E-state index >= 15 is 0 Å². The molecular weight excluding hydrogens is 948 g/mol. The maximum atomic E-state index is 14.8. The predicted molar refractivity (Wildman–Crippen MR) is 263 cm³/mol. The first-order valence-corrected chi connectivity index (χ1v) is 25.0. The Hall–Kier alpha value is -6.38. The average molecular weight is 1010 g/mol. The van der Waals surface area contributed by atoms with Crippen molar-refractivity contribution in [1.29, 1.82) is 0 Å². The molecule has 2 N–H and O–H groups in total. The van der Waals surface area contributed by atoms with Crippen molar-refractivity contribution >= 4 is 40.6 Å². The molecule has 6 bridgehead atoms. The van der Waals surface area contributed by atoms with Crippen molar-refractivity contribution < 1.29 is 51.4 Å². The molecule has 5 amide bonds. The van der Waals surface area contributed by atoms with Gasteiger partial charge in [0.05, 0.1) is 42.4 Å². The van der Waals surface area contributed by atoms with Gasteiger partial charge in [0.1, 0.15) is 30.8 Å². The number of methoxy groups -OCH3 is 1. The Balaban J connectivity index is 1.06. The topological polar surface area (TPSA) is 181 Å². The number of pyridine rings is 2. The summed E-state index contributed by atoms with van der Waals surface area (Å²) in [5, 5.41) is 4.84. The van der Waals surface area contributed by atoms with Crippen LogP contribution in [0.4, 0.5) is 18.0 Å². The number of piperidine rings is 1. The number of esters is 1. The zero-order valence-corrected chi connectivity index (χ0v) is 42.2. The van der Waals surface area contributed by atoms with E-state index in [9.17, 15) is 37.1 Å². The van der Waals surface area contributed by atoms with E-state index in [1.807, 2.05) is 33.8 Å². The van der Waals surface area contributed by atoms with Crippen molar-refractivity contribution in [3.8, 4) is 22.5 Å². The normalized spacial score (nSPS) is 23.3. The number of halogens is 3. The quantitative estimate of drug-likeness (QED) is 0.160. The van der Waals surface area contributed by atoms with Crippen LogP contribution in [0.3, 0.4) is 0 Å². The predicted octanol–water partition coefficient (Wildman–Crippen LogP) is 6.17. The molecule has 0 saturated carbocycles. The van der Waals surface area contributed by atoms with Crippen molar-refractivity contribution in [2.24, 2.45) is 11.3 Å². The van der Waals surface area contributed by atoms with Gasteiger partial charge in [-0.2, -0.15) is 13.2 Å². The van der Waals surface area contributed by atoms with Gasteiger partial charge in [-0.3, -0.25) is 34.2 Å². The number of urea groups is 1. The molecule has 0 radical (unpaired) electrons. The Morgan fingerprint density at radius 1 is 1.05 bits per heavy atom. The van der Waals surface area contributed by atoms with Gasteiger partial charge in [0.2, 0.25) is 11.8 Å². The summed E-state index contributed by atoms with van der Waals surface area (Å²) in [6.45, 7) is 11.7. The van der Waals surface area contributed by atoms with Gasteiger partial charge >= 0.3 is 18.2 Å². The number of likely N-dealkylation sites (tertiary alicyclic amines) is 1. The number of aromatic nitrogens is 3. The largest absolute Gasteiger partial charge is 0.464 e. The Bertz CT molecular complexity index is 2810. The number of nitrogens with one attached hydrogen (secondary N) is 2. The lowest BCUT2D eigenvalue weighted by Gasteiger charge is -2.47. The molecule has 7 heterocycles. The van der Waals surface area contributed by atoms with Crippen molar-refractivity contribution in [3.63, 3.8) is 0 Å². The number of amides is 5. The number of hydrogen-bond acceptors (Lipinski definition) is 11. The van der Waals surface area contributed by atoms with Crippen molar-refractivity contribution in [2.45, 2.75) is 108 Å². The summed E-state index contributed by atoms with van der Waals surface area (Å²) in [4.78, 5) is 84.8. The number of likely N-dealkylation sites (N-methyl/N-ethyl adjacent to an activating group) is 1. The molecule has 390 valence electrons. The number of rotatable bonds is 7. The first-order chi connectivity index (χ1) is 34.7. The van der Waals surface area contributed by atoms with E-state index in [-0.39, 0.29) is 31.5 Å². The Morgan fingerprint density at radius 2 is 1.82 bits per heavy atom. The fourth-order valence-electron chi connectivity index (χ4n) is 11.7. The summed E-state index contributed by atoms with van der Waals surface area (Å²) in [5.41, 5.74) is 5.25. The summed E-state index contributed by atoms with van der Waals surface area (Å²) < 4.78 is 63.8. The molecule has 3 fully saturated rings. The number of carbonyl (C=O) groups excluding carboxylic acids is 5. The van der Waals surface area contributed by atoms with Crippen LogP contribution in [-0.4, -0.2) is 154 Å². The minimum atomic E-state index is -4.59. The molecule has 5 aliphatic rings. The molecule has 73 heavy (non-hydrogen) atoms. The fourth-order valence-corrected chi connectivity index (χ4v) is 11.7. The molecule has 1 aliphatic carbocycles. The van der Waals surface area contributed by atoms with Crippen LogP contribution in [0.1, 0.15) is 82.4 Å². The third kappa shape index (κ3) is 10.0. The minimum Gasteiger partial charge on any atom is -0.464 e. The molecular formula is C53H64F3N9O8. The van der Waals surface area contributed by atoms with Crippen LogP contribution in [0.2, 0.25) is 0 Å². The first-order valence-electron chi connectivity index (χ1n) is 25.0. The first kappa shape index (κ1) is 51.5. The highest BCUT2D eigenvalue weighted by Crippen LogP contribution is 2.57. The van der Waals surface area contributed by atoms with Crippen LogP contribution in [0.15, 0.2) is 67.4 Å². The Morgan fingerprint density at radius 3 is 2.53 bits per heavy atom. The zero-order valence-electron chi connectivity index (χ0n) is 42.2. The van der Waals surface area contributed by atoms with Crippen molar-refractivity contribution in [3.05, 3.63) is 84.3 Å². The molecule has 9 rings (SSSR count). The molecule has 1 unspecified atom stereocenters. The number of alkyl halides is 3. The highest BCUT2D eigenvalue weighted by molar-refractivity contribution is 5.97. The van der Waals surface area contributed by atoms with Gasteiger partial charge in [-0.15, -0.1) is 0 Å². The number of benzene rings is 1. The fraction of sp³-hybridized carbons (Fsp3) is 0.528. The number of hydrazine groups is 1. The van der Waals surface area contributed by atoms with Crippen LogP contribution >= 0.6 is 0 Å². The monoisotopic (exact) mass is 1010 g/mol. The average Bonchev–Trinajstić information content (AvgIpc) is 3.68. The molecule has 3 aromatic heterocycles. The van der Waals surface area contributed by atoms with Crippen LogP contribution < -0.4 is 10.7 Å². The second-order valence-corrected chi connectivity index (χ2v) is 21.0. The number of morpholine rings is 1. The number of hydrogen-bond donors (Lipinski definition) is 2. The lowest BCUT2D eigenvalue weighted by Crippen LogP contribution is -2.63. The van der Waals surface area contributed by atoms with Gasteiger partial charge in [0.15, 0.2) is 0 Å². The van der Waals surface area contributed by atoms with Crippen LogP contribution in [-0.2, 0) is 46.4 Å².